The van der Waals surface area contributed by atoms with E-state index in [2.05, 4.69) is 4.98 Å². The van der Waals surface area contributed by atoms with Crippen LogP contribution in [0.3, 0.4) is 0 Å². The summed E-state index contributed by atoms with van der Waals surface area (Å²) in [5.74, 6) is 3.97. The van der Waals surface area contributed by atoms with E-state index in [4.69, 9.17) is 15.5 Å². The first kappa shape index (κ1) is 10.7. The van der Waals surface area contributed by atoms with Gasteiger partial charge in [0.2, 0.25) is 0 Å². The molecule has 18 heavy (non-hydrogen) atoms. The van der Waals surface area contributed by atoms with Crippen molar-refractivity contribution in [1.29, 1.82) is 0 Å². The second-order valence-corrected chi connectivity index (χ2v) is 5.98. The van der Waals surface area contributed by atoms with E-state index in [1.54, 1.807) is 0 Å². The number of fused-ring (bicyclic) bond motifs is 3. The number of anilines is 1. The molecule has 2 saturated carbocycles. The van der Waals surface area contributed by atoms with Gasteiger partial charge in [0.25, 0.3) is 0 Å². The van der Waals surface area contributed by atoms with Crippen LogP contribution in [-0.4, -0.2) is 16.6 Å². The average Bonchev–Trinajstić information content (AvgIpc) is 3.01. The van der Waals surface area contributed by atoms with Crippen molar-refractivity contribution in [3.8, 4) is 0 Å². The SMILES string of the molecule is Nc1nc(C2CC3CCC2C3)nc2c1COCC2. The lowest BCUT2D eigenvalue weighted by Crippen LogP contribution is -2.20. The van der Waals surface area contributed by atoms with Gasteiger partial charge >= 0.3 is 0 Å². The number of nitrogens with two attached hydrogens (primary N) is 1. The molecule has 2 fully saturated rings. The molecule has 4 nitrogen and oxygen atoms in total. The Kier molecular flexibility index (Phi) is 2.34. The van der Waals surface area contributed by atoms with Crippen LogP contribution in [0.1, 0.15) is 48.7 Å². The molecule has 4 heteroatoms. The van der Waals surface area contributed by atoms with Gasteiger partial charge in [0, 0.05) is 17.9 Å². The van der Waals surface area contributed by atoms with Crippen molar-refractivity contribution < 1.29 is 4.74 Å². The Morgan fingerprint density at radius 3 is 2.89 bits per heavy atom. The van der Waals surface area contributed by atoms with Crippen LogP contribution in [0.2, 0.25) is 0 Å². The van der Waals surface area contributed by atoms with Gasteiger partial charge in [-0.1, -0.05) is 6.42 Å². The summed E-state index contributed by atoms with van der Waals surface area (Å²) >= 11 is 0. The Morgan fingerprint density at radius 1 is 1.17 bits per heavy atom. The number of rotatable bonds is 1. The van der Waals surface area contributed by atoms with Crippen molar-refractivity contribution in [3.63, 3.8) is 0 Å². The zero-order valence-electron chi connectivity index (χ0n) is 10.6. The summed E-state index contributed by atoms with van der Waals surface area (Å²) in [7, 11) is 0. The molecule has 0 saturated heterocycles. The van der Waals surface area contributed by atoms with E-state index in [0.717, 1.165) is 41.9 Å². The molecule has 1 aromatic rings. The second kappa shape index (κ2) is 3.92. The molecule has 3 unspecified atom stereocenters. The summed E-state index contributed by atoms with van der Waals surface area (Å²) in [5, 5.41) is 0. The minimum absolute atomic E-state index is 0.569. The normalized spacial score (nSPS) is 33.7. The molecular weight excluding hydrogens is 226 g/mol. The van der Waals surface area contributed by atoms with Crippen LogP contribution in [0.5, 0.6) is 0 Å². The van der Waals surface area contributed by atoms with E-state index in [0.29, 0.717) is 18.3 Å². The summed E-state index contributed by atoms with van der Waals surface area (Å²) in [6.07, 6.45) is 6.32. The van der Waals surface area contributed by atoms with Gasteiger partial charge < -0.3 is 10.5 Å². The van der Waals surface area contributed by atoms with Gasteiger partial charge in [-0.3, -0.25) is 0 Å². The Balaban J connectivity index is 1.71. The van der Waals surface area contributed by atoms with Gasteiger partial charge in [0.05, 0.1) is 18.9 Å². The van der Waals surface area contributed by atoms with Crippen LogP contribution in [0.15, 0.2) is 0 Å². The standard InChI is InChI=1S/C14H19N3O/c15-13-11-7-18-4-3-12(11)16-14(17-13)10-6-8-1-2-9(10)5-8/h8-10H,1-7H2,(H2,15,16,17). The van der Waals surface area contributed by atoms with Gasteiger partial charge in [-0.05, 0) is 31.1 Å². The molecular formula is C14H19N3O. The van der Waals surface area contributed by atoms with Gasteiger partial charge in [-0.25, -0.2) is 9.97 Å². The summed E-state index contributed by atoms with van der Waals surface area (Å²) in [5.41, 5.74) is 8.23. The highest BCUT2D eigenvalue weighted by atomic mass is 16.5. The molecule has 2 N–H and O–H groups in total. The van der Waals surface area contributed by atoms with Crippen molar-refractivity contribution in [3.05, 3.63) is 17.1 Å². The number of aromatic nitrogens is 2. The van der Waals surface area contributed by atoms with Crippen LogP contribution < -0.4 is 5.73 Å². The number of hydrogen-bond donors (Lipinski definition) is 1. The fourth-order valence-electron chi connectivity index (χ4n) is 4.00. The molecule has 1 aromatic heterocycles. The molecule has 3 atom stereocenters. The third kappa shape index (κ3) is 1.55. The highest BCUT2D eigenvalue weighted by molar-refractivity contribution is 5.43. The fraction of sp³-hybridized carbons (Fsp3) is 0.714. The minimum atomic E-state index is 0.569. The molecule has 3 aliphatic rings. The van der Waals surface area contributed by atoms with Crippen LogP contribution in [0.4, 0.5) is 5.82 Å². The maximum absolute atomic E-state index is 6.08. The van der Waals surface area contributed by atoms with Gasteiger partial charge in [0.1, 0.15) is 11.6 Å². The first-order valence-corrected chi connectivity index (χ1v) is 7.04. The molecule has 0 radical (unpaired) electrons. The number of nitrogen functional groups attached to an aromatic ring is 1. The Bertz CT molecular complexity index is 488. The van der Waals surface area contributed by atoms with Crippen molar-refractivity contribution >= 4 is 5.82 Å². The van der Waals surface area contributed by atoms with Crippen molar-refractivity contribution in [1.82, 2.24) is 9.97 Å². The largest absolute Gasteiger partial charge is 0.383 e. The van der Waals surface area contributed by atoms with Gasteiger partial charge in [-0.2, -0.15) is 0 Å². The van der Waals surface area contributed by atoms with Crippen LogP contribution in [0.25, 0.3) is 0 Å². The van der Waals surface area contributed by atoms with Crippen LogP contribution in [-0.2, 0) is 17.8 Å². The number of ether oxygens (including phenoxy) is 1. The van der Waals surface area contributed by atoms with Gasteiger partial charge in [0.15, 0.2) is 0 Å². The van der Waals surface area contributed by atoms with Crippen LogP contribution >= 0.6 is 0 Å². The molecule has 0 spiro atoms. The summed E-state index contributed by atoms with van der Waals surface area (Å²) in [6, 6.07) is 0. The molecule has 1 aliphatic heterocycles. The highest BCUT2D eigenvalue weighted by Gasteiger charge is 2.42. The Morgan fingerprint density at radius 2 is 2.11 bits per heavy atom. The first-order chi connectivity index (χ1) is 8.81. The topological polar surface area (TPSA) is 61.0 Å². The van der Waals surface area contributed by atoms with E-state index in [-0.39, 0.29) is 0 Å². The summed E-state index contributed by atoms with van der Waals surface area (Å²) in [6.45, 7) is 1.35. The van der Waals surface area contributed by atoms with Crippen molar-refractivity contribution in [2.45, 2.75) is 44.6 Å². The molecule has 0 aromatic carbocycles. The monoisotopic (exact) mass is 245 g/mol. The zero-order chi connectivity index (χ0) is 12.1. The second-order valence-electron chi connectivity index (χ2n) is 5.98. The molecule has 2 aliphatic carbocycles. The maximum Gasteiger partial charge on any atom is 0.134 e. The van der Waals surface area contributed by atoms with E-state index >= 15 is 0 Å². The smallest absolute Gasteiger partial charge is 0.134 e. The molecule has 2 bridgehead atoms. The summed E-state index contributed by atoms with van der Waals surface area (Å²) < 4.78 is 5.43. The lowest BCUT2D eigenvalue weighted by atomic mass is 9.88. The minimum Gasteiger partial charge on any atom is -0.383 e. The summed E-state index contributed by atoms with van der Waals surface area (Å²) in [4.78, 5) is 9.38. The molecule has 96 valence electrons. The Labute approximate surface area is 107 Å². The average molecular weight is 245 g/mol. The predicted molar refractivity (Wildman–Crippen MR) is 68.0 cm³/mol. The predicted octanol–water partition coefficient (Wildman–Crippen LogP) is 2.04. The third-order valence-electron chi connectivity index (χ3n) is 4.94. The quantitative estimate of drug-likeness (QED) is 0.822. The zero-order valence-corrected chi connectivity index (χ0v) is 10.6. The van der Waals surface area contributed by atoms with E-state index in [9.17, 15) is 0 Å². The third-order valence-corrected chi connectivity index (χ3v) is 4.94. The van der Waals surface area contributed by atoms with Crippen LogP contribution in [0, 0.1) is 11.8 Å². The molecule has 0 amide bonds. The molecule has 4 rings (SSSR count). The molecule has 2 heterocycles. The van der Waals surface area contributed by atoms with E-state index in [1.165, 1.54) is 25.7 Å². The van der Waals surface area contributed by atoms with Crippen molar-refractivity contribution in [2.24, 2.45) is 11.8 Å². The van der Waals surface area contributed by atoms with Crippen molar-refractivity contribution in [2.75, 3.05) is 12.3 Å². The Hall–Kier alpha value is -1.16. The lowest BCUT2D eigenvalue weighted by molar-refractivity contribution is 0.109. The maximum atomic E-state index is 6.08. The lowest BCUT2D eigenvalue weighted by Gasteiger charge is -2.23. The van der Waals surface area contributed by atoms with Gasteiger partial charge in [-0.15, -0.1) is 0 Å². The first-order valence-electron chi connectivity index (χ1n) is 7.04. The highest BCUT2D eigenvalue weighted by Crippen LogP contribution is 2.52. The van der Waals surface area contributed by atoms with E-state index < -0.39 is 0 Å². The number of nitrogens with zero attached hydrogens (tertiary/aromatic N) is 2. The van der Waals surface area contributed by atoms with E-state index in [1.807, 2.05) is 0 Å². The fourth-order valence-corrected chi connectivity index (χ4v) is 4.00. The number of hydrogen-bond acceptors (Lipinski definition) is 4.